The van der Waals surface area contributed by atoms with E-state index in [1.807, 2.05) is 11.0 Å². The molecule has 0 atom stereocenters. The zero-order valence-corrected chi connectivity index (χ0v) is 12.4. The van der Waals surface area contributed by atoms with Crippen molar-refractivity contribution in [3.63, 3.8) is 0 Å². The van der Waals surface area contributed by atoms with Gasteiger partial charge in [-0.1, -0.05) is 0 Å². The zero-order chi connectivity index (χ0) is 16.2. The molecule has 0 spiro atoms. The third kappa shape index (κ3) is 3.14. The molecule has 116 valence electrons. The minimum Gasteiger partial charge on any atom is -0.367 e. The van der Waals surface area contributed by atoms with E-state index < -0.39 is 5.82 Å². The van der Waals surface area contributed by atoms with Crippen LogP contribution >= 0.6 is 0 Å². The number of halogens is 1. The van der Waals surface area contributed by atoms with Crippen molar-refractivity contribution in [3.05, 3.63) is 59.7 Å². The van der Waals surface area contributed by atoms with Crippen LogP contribution in [0.25, 0.3) is 0 Å². The topological polar surface area (TPSA) is 60.2 Å². The van der Waals surface area contributed by atoms with Crippen molar-refractivity contribution < 1.29 is 9.18 Å². The molecule has 5 nitrogen and oxygen atoms in total. The summed E-state index contributed by atoms with van der Waals surface area (Å²) in [6.07, 6.45) is 3.20. The summed E-state index contributed by atoms with van der Waals surface area (Å²) in [6, 6.07) is 9.63. The van der Waals surface area contributed by atoms with Crippen LogP contribution in [0.2, 0.25) is 0 Å². The number of aromatic nitrogens is 1. The van der Waals surface area contributed by atoms with Crippen molar-refractivity contribution in [2.24, 2.45) is 0 Å². The minimum absolute atomic E-state index is 0.0216. The van der Waals surface area contributed by atoms with Gasteiger partial charge in [0.1, 0.15) is 11.9 Å². The molecule has 1 aliphatic heterocycles. The molecule has 1 fully saturated rings. The lowest BCUT2D eigenvalue weighted by Gasteiger charge is -2.36. The Morgan fingerprint density at radius 3 is 2.48 bits per heavy atom. The van der Waals surface area contributed by atoms with Gasteiger partial charge in [0, 0.05) is 44.1 Å². The van der Waals surface area contributed by atoms with E-state index in [2.05, 4.69) is 4.98 Å². The maximum atomic E-state index is 13.2. The fraction of sp³-hybridized carbons (Fsp3) is 0.235. The minimum atomic E-state index is -0.420. The first-order valence-corrected chi connectivity index (χ1v) is 7.33. The number of amides is 1. The summed E-state index contributed by atoms with van der Waals surface area (Å²) < 4.78 is 13.2. The molecule has 0 N–H and O–H groups in total. The number of carbonyl (C=O) groups is 1. The maximum absolute atomic E-state index is 13.2. The third-order valence-electron chi connectivity index (χ3n) is 3.91. The summed E-state index contributed by atoms with van der Waals surface area (Å²) >= 11 is 0. The largest absolute Gasteiger partial charge is 0.367 e. The van der Waals surface area contributed by atoms with Crippen LogP contribution in [-0.4, -0.2) is 42.0 Å². The average molecular weight is 310 g/mol. The van der Waals surface area contributed by atoms with Gasteiger partial charge in [-0.25, -0.2) is 4.39 Å². The lowest BCUT2D eigenvalue weighted by atomic mass is 10.1. The van der Waals surface area contributed by atoms with E-state index in [-0.39, 0.29) is 5.91 Å². The van der Waals surface area contributed by atoms with Gasteiger partial charge in [-0.05, 0) is 30.3 Å². The summed E-state index contributed by atoms with van der Waals surface area (Å²) in [5.41, 5.74) is 1.65. The highest BCUT2D eigenvalue weighted by Crippen LogP contribution is 2.22. The zero-order valence-electron chi connectivity index (χ0n) is 12.4. The summed E-state index contributed by atoms with van der Waals surface area (Å²) in [4.78, 5) is 20.1. The molecule has 0 bridgehead atoms. The van der Waals surface area contributed by atoms with Crippen molar-refractivity contribution in [3.8, 4) is 6.07 Å². The lowest BCUT2D eigenvalue weighted by molar-refractivity contribution is 0.0746. The van der Waals surface area contributed by atoms with Gasteiger partial charge in [-0.2, -0.15) is 5.26 Å². The second-order valence-corrected chi connectivity index (χ2v) is 5.29. The monoisotopic (exact) mass is 310 g/mol. The number of benzene rings is 1. The van der Waals surface area contributed by atoms with Crippen LogP contribution in [0.3, 0.4) is 0 Å². The van der Waals surface area contributed by atoms with Crippen LogP contribution in [-0.2, 0) is 0 Å². The number of nitriles is 1. The van der Waals surface area contributed by atoms with Crippen LogP contribution in [0.15, 0.2) is 42.7 Å². The van der Waals surface area contributed by atoms with Gasteiger partial charge in [0.2, 0.25) is 0 Å². The SMILES string of the molecule is N#Cc1cc(F)ccc1N1CCN(C(=O)c2ccncc2)CC1. The first-order valence-electron chi connectivity index (χ1n) is 7.33. The first-order chi connectivity index (χ1) is 11.2. The highest BCUT2D eigenvalue weighted by Gasteiger charge is 2.23. The van der Waals surface area contributed by atoms with E-state index in [4.69, 9.17) is 5.26 Å². The molecule has 0 unspecified atom stereocenters. The van der Waals surface area contributed by atoms with Crippen molar-refractivity contribution in [2.75, 3.05) is 31.1 Å². The number of nitrogens with zero attached hydrogens (tertiary/aromatic N) is 4. The van der Waals surface area contributed by atoms with Crippen molar-refractivity contribution in [1.82, 2.24) is 9.88 Å². The Hall–Kier alpha value is -2.94. The number of carbonyl (C=O) groups excluding carboxylic acids is 1. The standard InChI is InChI=1S/C17H15FN4O/c18-15-1-2-16(14(11-15)12-19)21-7-9-22(10-8-21)17(23)13-3-5-20-6-4-13/h1-6,11H,7-10H2. The molecule has 1 saturated heterocycles. The molecule has 2 aromatic rings. The lowest BCUT2D eigenvalue weighted by Crippen LogP contribution is -2.49. The molecule has 1 aromatic carbocycles. The highest BCUT2D eigenvalue weighted by molar-refractivity contribution is 5.94. The number of rotatable bonds is 2. The van der Waals surface area contributed by atoms with Crippen LogP contribution in [0, 0.1) is 17.1 Å². The van der Waals surface area contributed by atoms with Crippen LogP contribution in [0.5, 0.6) is 0 Å². The normalized spacial score (nSPS) is 14.4. The first kappa shape index (κ1) is 15.0. The van der Waals surface area contributed by atoms with E-state index >= 15 is 0 Å². The maximum Gasteiger partial charge on any atom is 0.254 e. The van der Waals surface area contributed by atoms with Crippen molar-refractivity contribution in [1.29, 1.82) is 5.26 Å². The van der Waals surface area contributed by atoms with Crippen LogP contribution in [0.4, 0.5) is 10.1 Å². The number of hydrogen-bond acceptors (Lipinski definition) is 4. The van der Waals surface area contributed by atoms with E-state index in [0.29, 0.717) is 43.0 Å². The Bertz CT molecular complexity index is 749. The van der Waals surface area contributed by atoms with Gasteiger partial charge in [0.05, 0.1) is 11.3 Å². The molecular weight excluding hydrogens is 295 g/mol. The van der Waals surface area contributed by atoms with Gasteiger partial charge in [0.15, 0.2) is 0 Å². The molecule has 23 heavy (non-hydrogen) atoms. The third-order valence-corrected chi connectivity index (χ3v) is 3.91. The Labute approximate surface area is 133 Å². The van der Waals surface area contributed by atoms with Crippen LogP contribution in [0.1, 0.15) is 15.9 Å². The average Bonchev–Trinajstić information content (AvgIpc) is 2.62. The predicted octanol–water partition coefficient (Wildman–Crippen LogP) is 2.05. The Morgan fingerprint density at radius 1 is 1.13 bits per heavy atom. The molecule has 3 rings (SSSR count). The molecule has 6 heteroatoms. The fourth-order valence-electron chi connectivity index (χ4n) is 2.70. The van der Waals surface area contributed by atoms with E-state index in [1.54, 1.807) is 35.5 Å². The van der Waals surface area contributed by atoms with E-state index in [0.717, 1.165) is 0 Å². The molecule has 0 radical (unpaired) electrons. The van der Waals surface area contributed by atoms with Crippen molar-refractivity contribution in [2.45, 2.75) is 0 Å². The van der Waals surface area contributed by atoms with Gasteiger partial charge < -0.3 is 9.80 Å². The Balaban J connectivity index is 1.70. The van der Waals surface area contributed by atoms with Gasteiger partial charge in [-0.15, -0.1) is 0 Å². The summed E-state index contributed by atoms with van der Waals surface area (Å²) in [5.74, 6) is -0.441. The summed E-state index contributed by atoms with van der Waals surface area (Å²) in [7, 11) is 0. The smallest absolute Gasteiger partial charge is 0.254 e. The summed E-state index contributed by atoms with van der Waals surface area (Å²) in [6.45, 7) is 2.33. The molecule has 0 aliphatic carbocycles. The van der Waals surface area contributed by atoms with E-state index in [9.17, 15) is 9.18 Å². The fourth-order valence-corrected chi connectivity index (χ4v) is 2.70. The van der Waals surface area contributed by atoms with E-state index in [1.165, 1.54) is 12.1 Å². The Morgan fingerprint density at radius 2 is 1.83 bits per heavy atom. The number of piperazine rings is 1. The van der Waals surface area contributed by atoms with Gasteiger partial charge in [0.25, 0.3) is 5.91 Å². The van der Waals surface area contributed by atoms with Gasteiger partial charge >= 0.3 is 0 Å². The summed E-state index contributed by atoms with van der Waals surface area (Å²) in [5, 5.41) is 9.15. The molecular formula is C17H15FN4O. The second kappa shape index (κ2) is 6.44. The van der Waals surface area contributed by atoms with Crippen molar-refractivity contribution >= 4 is 11.6 Å². The molecule has 1 aromatic heterocycles. The number of hydrogen-bond donors (Lipinski definition) is 0. The Kier molecular flexibility index (Phi) is 4.20. The number of anilines is 1. The predicted molar refractivity (Wildman–Crippen MR) is 83.5 cm³/mol. The molecule has 0 saturated carbocycles. The molecule has 1 aliphatic rings. The highest BCUT2D eigenvalue weighted by atomic mass is 19.1. The molecule has 2 heterocycles. The second-order valence-electron chi connectivity index (χ2n) is 5.29. The number of pyridine rings is 1. The molecule has 1 amide bonds. The quantitative estimate of drug-likeness (QED) is 0.852. The van der Waals surface area contributed by atoms with Gasteiger partial charge in [-0.3, -0.25) is 9.78 Å². The van der Waals surface area contributed by atoms with Crippen LogP contribution < -0.4 is 4.90 Å².